The van der Waals surface area contributed by atoms with E-state index in [1.807, 2.05) is 31.1 Å². The number of rotatable bonds is 5. The van der Waals surface area contributed by atoms with E-state index in [1.54, 1.807) is 35.2 Å². The molecule has 0 radical (unpaired) electrons. The van der Waals surface area contributed by atoms with Crippen molar-refractivity contribution in [2.45, 2.75) is 0 Å². The number of thiazole rings is 1. The van der Waals surface area contributed by atoms with E-state index in [4.69, 9.17) is 23.2 Å². The van der Waals surface area contributed by atoms with Gasteiger partial charge in [-0.2, -0.15) is 0 Å². The summed E-state index contributed by atoms with van der Waals surface area (Å²) >= 11 is 13.6. The molecule has 0 aliphatic carbocycles. The second kappa shape index (κ2) is 7.70. The van der Waals surface area contributed by atoms with E-state index >= 15 is 0 Å². The Morgan fingerprint density at radius 1 is 1.08 bits per heavy atom. The normalized spacial score (nSPS) is 11.2. The average Bonchev–Trinajstić information content (AvgIpc) is 3.00. The number of likely N-dealkylation sites (N-methyl/N-ethyl adjacent to an activating group) is 1. The molecule has 0 saturated carbocycles. The van der Waals surface area contributed by atoms with E-state index in [1.165, 1.54) is 11.3 Å². The summed E-state index contributed by atoms with van der Waals surface area (Å²) in [6.45, 7) is 1.26. The van der Waals surface area contributed by atoms with Gasteiger partial charge in [0.1, 0.15) is 5.52 Å². The Morgan fingerprint density at radius 3 is 2.44 bits per heavy atom. The van der Waals surface area contributed by atoms with Gasteiger partial charge in [-0.1, -0.05) is 40.6 Å². The van der Waals surface area contributed by atoms with Crippen LogP contribution in [0.3, 0.4) is 0 Å². The third kappa shape index (κ3) is 4.12. The number of carbonyl (C=O) groups is 1. The van der Waals surface area contributed by atoms with Crippen molar-refractivity contribution in [3.05, 3.63) is 58.1 Å². The average molecular weight is 394 g/mol. The zero-order valence-corrected chi connectivity index (χ0v) is 16.2. The molecule has 0 fully saturated rings. The molecular formula is C18H17Cl2N3OS. The minimum absolute atomic E-state index is 0.103. The van der Waals surface area contributed by atoms with Crippen LogP contribution in [0.2, 0.25) is 10.0 Å². The number of amides is 1. The summed E-state index contributed by atoms with van der Waals surface area (Å²) in [6.07, 6.45) is 0. The molecule has 0 aliphatic heterocycles. The van der Waals surface area contributed by atoms with Crippen LogP contribution in [0.25, 0.3) is 10.2 Å². The summed E-state index contributed by atoms with van der Waals surface area (Å²) < 4.78 is 0.959. The fraction of sp³-hybridized carbons (Fsp3) is 0.222. The number of hydrogen-bond donors (Lipinski definition) is 0. The molecule has 0 saturated heterocycles. The molecule has 1 heterocycles. The Bertz CT molecular complexity index is 893. The Morgan fingerprint density at radius 2 is 1.80 bits per heavy atom. The van der Waals surface area contributed by atoms with Crippen molar-refractivity contribution in [3.8, 4) is 0 Å². The predicted molar refractivity (Wildman–Crippen MR) is 106 cm³/mol. The van der Waals surface area contributed by atoms with Gasteiger partial charge in [0.05, 0.1) is 9.72 Å². The van der Waals surface area contributed by atoms with Gasteiger partial charge >= 0.3 is 0 Å². The Labute approximate surface area is 160 Å². The first-order valence-corrected chi connectivity index (χ1v) is 9.30. The summed E-state index contributed by atoms with van der Waals surface area (Å²) in [5, 5.41) is 1.83. The predicted octanol–water partition coefficient (Wildman–Crippen LogP) is 4.81. The number of para-hydroxylation sites is 1. The second-order valence-corrected chi connectivity index (χ2v) is 7.70. The number of nitrogens with zero attached hydrogens (tertiary/aromatic N) is 3. The standard InChI is InChI=1S/C18H17Cl2N3OS/c1-22(2)10-11-23(17(24)12-6-8-13(19)9-7-12)18-21-16-14(20)4-3-5-15(16)25-18/h3-9H,10-11H2,1-2H3. The summed E-state index contributed by atoms with van der Waals surface area (Å²) in [5.41, 5.74) is 1.30. The molecule has 0 spiro atoms. The van der Waals surface area contributed by atoms with Crippen LogP contribution in [0.4, 0.5) is 5.13 Å². The first kappa shape index (κ1) is 18.1. The molecule has 0 aliphatic rings. The number of anilines is 1. The molecule has 0 unspecified atom stereocenters. The van der Waals surface area contributed by atoms with Gasteiger partial charge in [-0.25, -0.2) is 4.98 Å². The fourth-order valence-electron chi connectivity index (χ4n) is 2.35. The van der Waals surface area contributed by atoms with E-state index in [9.17, 15) is 4.79 Å². The van der Waals surface area contributed by atoms with Gasteiger partial charge in [0.15, 0.2) is 5.13 Å². The molecular weight excluding hydrogens is 377 g/mol. The number of halogens is 2. The first-order chi connectivity index (χ1) is 12.0. The number of carbonyl (C=O) groups excluding carboxylic acids is 1. The minimum Gasteiger partial charge on any atom is -0.308 e. The van der Waals surface area contributed by atoms with Gasteiger partial charge in [-0.3, -0.25) is 9.69 Å². The molecule has 1 amide bonds. The largest absolute Gasteiger partial charge is 0.308 e. The van der Waals surface area contributed by atoms with Crippen LogP contribution in [0.15, 0.2) is 42.5 Å². The lowest BCUT2D eigenvalue weighted by molar-refractivity contribution is 0.0985. The molecule has 130 valence electrons. The van der Waals surface area contributed by atoms with Crippen LogP contribution < -0.4 is 4.90 Å². The minimum atomic E-state index is -0.103. The number of aromatic nitrogens is 1. The van der Waals surface area contributed by atoms with Crippen molar-refractivity contribution in [3.63, 3.8) is 0 Å². The topological polar surface area (TPSA) is 36.4 Å². The highest BCUT2D eigenvalue weighted by Crippen LogP contribution is 2.33. The zero-order chi connectivity index (χ0) is 18.0. The lowest BCUT2D eigenvalue weighted by Gasteiger charge is -2.22. The molecule has 1 aromatic heterocycles. The molecule has 25 heavy (non-hydrogen) atoms. The van der Waals surface area contributed by atoms with E-state index in [0.29, 0.717) is 27.3 Å². The molecule has 0 atom stereocenters. The Kier molecular flexibility index (Phi) is 5.59. The third-order valence-corrected chi connectivity index (χ3v) is 5.30. The van der Waals surface area contributed by atoms with E-state index in [-0.39, 0.29) is 5.91 Å². The van der Waals surface area contributed by atoms with Gasteiger partial charge in [-0.15, -0.1) is 0 Å². The SMILES string of the molecule is CN(C)CCN(C(=O)c1ccc(Cl)cc1)c1nc2c(Cl)cccc2s1. The quantitative estimate of drug-likeness (QED) is 0.623. The van der Waals surface area contributed by atoms with E-state index < -0.39 is 0 Å². The van der Waals surface area contributed by atoms with Crippen molar-refractivity contribution >= 4 is 55.8 Å². The van der Waals surface area contributed by atoms with Crippen molar-refractivity contribution in [1.29, 1.82) is 0 Å². The molecule has 0 N–H and O–H groups in total. The molecule has 4 nitrogen and oxygen atoms in total. The smallest absolute Gasteiger partial charge is 0.260 e. The molecule has 0 bridgehead atoms. The summed E-state index contributed by atoms with van der Waals surface area (Å²) in [4.78, 5) is 21.4. The molecule has 2 aromatic carbocycles. The second-order valence-electron chi connectivity index (χ2n) is 5.85. The molecule has 3 aromatic rings. The highest BCUT2D eigenvalue weighted by atomic mass is 35.5. The van der Waals surface area contributed by atoms with Crippen LogP contribution in [0.5, 0.6) is 0 Å². The third-order valence-electron chi connectivity index (χ3n) is 3.70. The monoisotopic (exact) mass is 393 g/mol. The lowest BCUT2D eigenvalue weighted by Crippen LogP contribution is -2.36. The maximum Gasteiger partial charge on any atom is 0.260 e. The summed E-state index contributed by atoms with van der Waals surface area (Å²) in [7, 11) is 3.94. The van der Waals surface area contributed by atoms with Crippen molar-refractivity contribution in [2.24, 2.45) is 0 Å². The van der Waals surface area contributed by atoms with Crippen LogP contribution >= 0.6 is 34.5 Å². The van der Waals surface area contributed by atoms with Gasteiger partial charge in [0, 0.05) is 23.7 Å². The molecule has 7 heteroatoms. The highest BCUT2D eigenvalue weighted by Gasteiger charge is 2.22. The van der Waals surface area contributed by atoms with Crippen LogP contribution in [0, 0.1) is 0 Å². The Balaban J connectivity index is 1.99. The summed E-state index contributed by atoms with van der Waals surface area (Å²) in [5.74, 6) is -0.103. The maximum atomic E-state index is 13.0. The van der Waals surface area contributed by atoms with Crippen LogP contribution in [-0.4, -0.2) is 43.0 Å². The van der Waals surface area contributed by atoms with Gasteiger partial charge in [0.2, 0.25) is 0 Å². The highest BCUT2D eigenvalue weighted by molar-refractivity contribution is 7.22. The van der Waals surface area contributed by atoms with Gasteiger partial charge < -0.3 is 4.90 Å². The van der Waals surface area contributed by atoms with Gasteiger partial charge in [-0.05, 0) is 50.5 Å². The van der Waals surface area contributed by atoms with Crippen LogP contribution in [-0.2, 0) is 0 Å². The maximum absolute atomic E-state index is 13.0. The number of fused-ring (bicyclic) bond motifs is 1. The zero-order valence-electron chi connectivity index (χ0n) is 13.9. The van der Waals surface area contributed by atoms with Crippen molar-refractivity contribution in [1.82, 2.24) is 9.88 Å². The number of hydrogen-bond acceptors (Lipinski definition) is 4. The van der Waals surface area contributed by atoms with Crippen molar-refractivity contribution < 1.29 is 4.79 Å². The fourth-order valence-corrected chi connectivity index (χ4v) is 3.77. The summed E-state index contributed by atoms with van der Waals surface area (Å²) in [6, 6.07) is 12.5. The first-order valence-electron chi connectivity index (χ1n) is 7.73. The van der Waals surface area contributed by atoms with E-state index in [0.717, 1.165) is 16.8 Å². The van der Waals surface area contributed by atoms with Gasteiger partial charge in [0.25, 0.3) is 5.91 Å². The Hall–Kier alpha value is -1.66. The van der Waals surface area contributed by atoms with Crippen LogP contribution in [0.1, 0.15) is 10.4 Å². The molecule has 3 rings (SSSR count). The van der Waals surface area contributed by atoms with E-state index in [2.05, 4.69) is 4.98 Å². The van der Waals surface area contributed by atoms with Crippen molar-refractivity contribution in [2.75, 3.05) is 32.1 Å². The number of benzene rings is 2. The lowest BCUT2D eigenvalue weighted by atomic mass is 10.2.